The van der Waals surface area contributed by atoms with E-state index in [9.17, 15) is 19.3 Å². The number of amides is 1. The molecule has 0 heterocycles. The lowest BCUT2D eigenvalue weighted by molar-refractivity contribution is -0.386. The minimum Gasteiger partial charge on any atom is -0.365 e. The third kappa shape index (κ3) is 2.41. The number of primary amides is 1. The van der Waals surface area contributed by atoms with Crippen molar-refractivity contribution in [3.8, 4) is 0 Å². The van der Waals surface area contributed by atoms with E-state index in [0.717, 1.165) is 12.1 Å². The summed E-state index contributed by atoms with van der Waals surface area (Å²) in [7, 11) is 0. The van der Waals surface area contributed by atoms with Crippen LogP contribution in [-0.4, -0.2) is 10.8 Å². The summed E-state index contributed by atoms with van der Waals surface area (Å²) in [4.78, 5) is 21.3. The van der Waals surface area contributed by atoms with Crippen molar-refractivity contribution in [3.63, 3.8) is 0 Å². The molecule has 0 spiro atoms. The quantitative estimate of drug-likeness (QED) is 0.634. The van der Waals surface area contributed by atoms with Crippen molar-refractivity contribution < 1.29 is 14.1 Å². The van der Waals surface area contributed by atoms with E-state index in [4.69, 9.17) is 5.73 Å². The first-order valence-corrected chi connectivity index (χ1v) is 4.93. The summed E-state index contributed by atoms with van der Waals surface area (Å²) in [5.74, 6) is -1.66. The van der Waals surface area contributed by atoms with E-state index >= 15 is 0 Å². The predicted octanol–water partition coefficient (Wildman–Crippen LogP) is 2.13. The number of carbonyl (C=O) groups is 1. The van der Waals surface area contributed by atoms with E-state index in [1.807, 2.05) is 0 Å². The van der Waals surface area contributed by atoms with Crippen LogP contribution >= 0.6 is 0 Å². The van der Waals surface area contributed by atoms with Crippen molar-refractivity contribution in [1.82, 2.24) is 0 Å². The number of carbonyl (C=O) groups excluding carboxylic acids is 1. The molecule has 1 rings (SSSR count). The molecule has 17 heavy (non-hydrogen) atoms. The van der Waals surface area contributed by atoms with Crippen molar-refractivity contribution in [2.45, 2.75) is 26.2 Å². The van der Waals surface area contributed by atoms with E-state index in [0.29, 0.717) is 0 Å². The summed E-state index contributed by atoms with van der Waals surface area (Å²) in [5.41, 5.74) is 3.32. The molecule has 0 aromatic heterocycles. The molecule has 5 nitrogen and oxygen atoms in total. The molecule has 0 atom stereocenters. The van der Waals surface area contributed by atoms with Crippen LogP contribution in [0.3, 0.4) is 0 Å². The Morgan fingerprint density at radius 1 is 1.41 bits per heavy atom. The highest BCUT2D eigenvalue weighted by atomic mass is 19.1. The number of nitrogens with two attached hydrogens (primary N) is 1. The van der Waals surface area contributed by atoms with Crippen LogP contribution in [0, 0.1) is 15.9 Å². The average Bonchev–Trinajstić information content (AvgIpc) is 2.14. The number of hydrogen-bond donors (Lipinski definition) is 1. The Hall–Kier alpha value is -1.98. The zero-order valence-electron chi connectivity index (χ0n) is 9.78. The van der Waals surface area contributed by atoms with E-state index in [-0.39, 0.29) is 11.1 Å². The fourth-order valence-corrected chi connectivity index (χ4v) is 1.67. The number of hydrogen-bond acceptors (Lipinski definition) is 3. The number of nitro benzene ring substituents is 1. The van der Waals surface area contributed by atoms with E-state index in [1.54, 1.807) is 20.8 Å². The van der Waals surface area contributed by atoms with Gasteiger partial charge in [0, 0.05) is 0 Å². The molecule has 1 aromatic rings. The smallest absolute Gasteiger partial charge is 0.288 e. The molecular weight excluding hydrogens is 227 g/mol. The lowest BCUT2D eigenvalue weighted by Crippen LogP contribution is -2.21. The van der Waals surface area contributed by atoms with E-state index < -0.39 is 27.8 Å². The predicted molar refractivity (Wildman–Crippen MR) is 60.3 cm³/mol. The first-order valence-electron chi connectivity index (χ1n) is 4.93. The van der Waals surface area contributed by atoms with Gasteiger partial charge in [-0.1, -0.05) is 20.8 Å². The number of rotatable bonds is 2. The lowest BCUT2D eigenvalue weighted by atomic mass is 9.84. The molecule has 2 N–H and O–H groups in total. The highest BCUT2D eigenvalue weighted by molar-refractivity contribution is 5.97. The molecular formula is C11H13FN2O3. The van der Waals surface area contributed by atoms with Crippen molar-refractivity contribution in [1.29, 1.82) is 0 Å². The van der Waals surface area contributed by atoms with Gasteiger partial charge < -0.3 is 5.73 Å². The van der Waals surface area contributed by atoms with Gasteiger partial charge in [0.1, 0.15) is 11.4 Å². The van der Waals surface area contributed by atoms with E-state index in [1.165, 1.54) is 0 Å². The van der Waals surface area contributed by atoms with Gasteiger partial charge >= 0.3 is 0 Å². The summed E-state index contributed by atoms with van der Waals surface area (Å²) in [6.07, 6.45) is 0. The normalized spacial score (nSPS) is 11.3. The molecule has 0 saturated heterocycles. The standard InChI is InChI=1S/C11H13FN2O3/c1-11(2,3)8-7(12)5-4-6(10(13)15)9(8)14(16)17/h4-5H,1-3H3,(H2,13,15). The Morgan fingerprint density at radius 3 is 2.29 bits per heavy atom. The summed E-state index contributed by atoms with van der Waals surface area (Å²) < 4.78 is 13.7. The molecule has 0 aliphatic rings. The zero-order valence-corrected chi connectivity index (χ0v) is 9.78. The van der Waals surface area contributed by atoms with Crippen LogP contribution in [-0.2, 0) is 5.41 Å². The van der Waals surface area contributed by atoms with Crippen molar-refractivity contribution in [3.05, 3.63) is 39.2 Å². The Kier molecular flexibility index (Phi) is 3.17. The maximum Gasteiger partial charge on any atom is 0.288 e. The van der Waals surface area contributed by atoms with Crippen molar-refractivity contribution >= 4 is 11.6 Å². The highest BCUT2D eigenvalue weighted by Gasteiger charge is 2.33. The van der Waals surface area contributed by atoms with Gasteiger partial charge in [0.25, 0.3) is 11.6 Å². The van der Waals surface area contributed by atoms with Crippen molar-refractivity contribution in [2.24, 2.45) is 5.73 Å². The molecule has 92 valence electrons. The second kappa shape index (κ2) is 4.12. The summed E-state index contributed by atoms with van der Waals surface area (Å²) >= 11 is 0. The molecule has 6 heteroatoms. The number of benzene rings is 1. The molecule has 1 amide bonds. The summed E-state index contributed by atoms with van der Waals surface area (Å²) in [6, 6.07) is 2.05. The summed E-state index contributed by atoms with van der Waals surface area (Å²) in [6.45, 7) is 4.88. The maximum atomic E-state index is 13.7. The second-order valence-electron chi connectivity index (χ2n) is 4.69. The number of nitrogens with zero attached hydrogens (tertiary/aromatic N) is 1. The van der Waals surface area contributed by atoms with Crippen LogP contribution < -0.4 is 5.73 Å². The van der Waals surface area contributed by atoms with Crippen LogP contribution in [0.15, 0.2) is 12.1 Å². The van der Waals surface area contributed by atoms with Gasteiger partial charge in [-0.05, 0) is 17.5 Å². The second-order valence-corrected chi connectivity index (χ2v) is 4.69. The van der Waals surface area contributed by atoms with Gasteiger partial charge in [-0.3, -0.25) is 14.9 Å². The number of halogens is 1. The van der Waals surface area contributed by atoms with Gasteiger partial charge in [0.2, 0.25) is 0 Å². The Bertz CT molecular complexity index is 492. The zero-order chi connectivity index (χ0) is 13.4. The lowest BCUT2D eigenvalue weighted by Gasteiger charge is -2.20. The molecule has 0 aliphatic heterocycles. The fraction of sp³-hybridized carbons (Fsp3) is 0.364. The third-order valence-corrected chi connectivity index (χ3v) is 2.33. The highest BCUT2D eigenvalue weighted by Crippen LogP contribution is 2.35. The van der Waals surface area contributed by atoms with Gasteiger partial charge in [-0.25, -0.2) is 4.39 Å². The Labute approximate surface area is 97.6 Å². The fourth-order valence-electron chi connectivity index (χ4n) is 1.67. The molecule has 0 radical (unpaired) electrons. The molecule has 0 unspecified atom stereocenters. The molecule has 0 fully saturated rings. The van der Waals surface area contributed by atoms with Gasteiger partial charge in [-0.2, -0.15) is 0 Å². The average molecular weight is 240 g/mol. The molecule has 1 aromatic carbocycles. The summed E-state index contributed by atoms with van der Waals surface area (Å²) in [5, 5.41) is 11.0. The largest absolute Gasteiger partial charge is 0.365 e. The van der Waals surface area contributed by atoms with Crippen LogP contribution in [0.1, 0.15) is 36.7 Å². The van der Waals surface area contributed by atoms with Crippen LogP contribution in [0.4, 0.5) is 10.1 Å². The van der Waals surface area contributed by atoms with E-state index in [2.05, 4.69) is 0 Å². The maximum absolute atomic E-state index is 13.7. The third-order valence-electron chi connectivity index (χ3n) is 2.33. The van der Waals surface area contributed by atoms with Crippen LogP contribution in [0.2, 0.25) is 0 Å². The molecule has 0 saturated carbocycles. The van der Waals surface area contributed by atoms with Crippen LogP contribution in [0.25, 0.3) is 0 Å². The SMILES string of the molecule is CC(C)(C)c1c(F)ccc(C(N)=O)c1[N+](=O)[O-]. The Morgan fingerprint density at radius 2 is 1.94 bits per heavy atom. The molecule has 0 aliphatic carbocycles. The molecule has 0 bridgehead atoms. The first kappa shape index (κ1) is 13.1. The first-order chi connectivity index (χ1) is 7.66. The van der Waals surface area contributed by atoms with Gasteiger partial charge in [0.05, 0.1) is 10.5 Å². The van der Waals surface area contributed by atoms with Gasteiger partial charge in [-0.15, -0.1) is 0 Å². The van der Waals surface area contributed by atoms with Gasteiger partial charge in [0.15, 0.2) is 0 Å². The topological polar surface area (TPSA) is 86.2 Å². The monoisotopic (exact) mass is 240 g/mol. The number of nitro groups is 1. The minimum atomic E-state index is -0.942. The van der Waals surface area contributed by atoms with Crippen molar-refractivity contribution in [2.75, 3.05) is 0 Å². The Balaban J connectivity index is 3.73. The minimum absolute atomic E-state index is 0.112. The van der Waals surface area contributed by atoms with Crippen LogP contribution in [0.5, 0.6) is 0 Å².